The van der Waals surface area contributed by atoms with Crippen LogP contribution >= 0.6 is 0 Å². The first-order valence-electron chi connectivity index (χ1n) is 6.72. The Hall–Kier alpha value is -3.09. The van der Waals surface area contributed by atoms with Crippen molar-refractivity contribution >= 4 is 11.0 Å². The number of nitrogens with zero attached hydrogens (tertiary/aromatic N) is 2. The molecule has 0 spiro atoms. The molecule has 0 saturated heterocycles. The summed E-state index contributed by atoms with van der Waals surface area (Å²) in [7, 11) is 0. The van der Waals surface area contributed by atoms with E-state index in [9.17, 15) is 4.79 Å². The second-order valence-corrected chi connectivity index (χ2v) is 5.17. The van der Waals surface area contributed by atoms with E-state index in [1.54, 1.807) is 12.1 Å². The van der Waals surface area contributed by atoms with Gasteiger partial charge in [-0.15, -0.1) is 0 Å². The summed E-state index contributed by atoms with van der Waals surface area (Å²) in [5.41, 5.74) is 0.889. The summed E-state index contributed by atoms with van der Waals surface area (Å²) < 4.78 is 12.3. The van der Waals surface area contributed by atoms with Crippen LogP contribution in [-0.4, -0.2) is 9.66 Å². The number of nitrogen functional groups attached to an aromatic ring is 1. The first kappa shape index (κ1) is 12.6. The molecule has 1 atom stereocenters. The lowest BCUT2D eigenvalue weighted by atomic mass is 9.92. The second-order valence-electron chi connectivity index (χ2n) is 5.17. The van der Waals surface area contributed by atoms with E-state index in [0.29, 0.717) is 33.7 Å². The maximum Gasteiger partial charge on any atom is 0.343 e. The Morgan fingerprint density at radius 3 is 2.91 bits per heavy atom. The van der Waals surface area contributed by atoms with E-state index in [1.807, 2.05) is 19.1 Å². The van der Waals surface area contributed by atoms with Gasteiger partial charge in [0.05, 0.1) is 16.5 Å². The Labute approximate surface area is 124 Å². The minimum absolute atomic E-state index is 0.0516. The fourth-order valence-electron chi connectivity index (χ4n) is 2.81. The van der Waals surface area contributed by atoms with Crippen LogP contribution in [0.5, 0.6) is 11.6 Å². The molecule has 0 amide bonds. The second kappa shape index (κ2) is 4.20. The van der Waals surface area contributed by atoms with Gasteiger partial charge in [0.1, 0.15) is 11.9 Å². The molecule has 110 valence electrons. The molecule has 0 saturated carbocycles. The zero-order valence-electron chi connectivity index (χ0n) is 11.7. The molecule has 22 heavy (non-hydrogen) atoms. The molecule has 0 radical (unpaired) electrons. The first-order valence-corrected chi connectivity index (χ1v) is 6.72. The zero-order chi connectivity index (χ0) is 15.4. The molecule has 4 rings (SSSR count). The molecular formula is C15H12N4O3. The smallest absolute Gasteiger partial charge is 0.343 e. The maximum atomic E-state index is 12.3. The number of benzene rings is 1. The number of ether oxygens (including phenoxy) is 1. The third kappa shape index (κ3) is 1.53. The minimum atomic E-state index is -0.473. The van der Waals surface area contributed by atoms with Crippen LogP contribution in [0.3, 0.4) is 0 Å². The molecule has 1 aliphatic rings. The number of hydrogen-bond donors (Lipinski definition) is 2. The highest BCUT2D eigenvalue weighted by Crippen LogP contribution is 2.42. The molecule has 7 heteroatoms. The van der Waals surface area contributed by atoms with E-state index < -0.39 is 11.5 Å². The van der Waals surface area contributed by atoms with Crippen molar-refractivity contribution in [3.8, 4) is 11.6 Å². The van der Waals surface area contributed by atoms with Crippen molar-refractivity contribution < 1.29 is 9.15 Å². The molecule has 7 nitrogen and oxygen atoms in total. The van der Waals surface area contributed by atoms with Gasteiger partial charge in [-0.25, -0.2) is 14.5 Å². The quantitative estimate of drug-likeness (QED) is 0.482. The number of para-hydroxylation sites is 1. The summed E-state index contributed by atoms with van der Waals surface area (Å²) in [6.07, 6.45) is 1.31. The fourth-order valence-corrected chi connectivity index (χ4v) is 2.81. The molecule has 3 N–H and O–H groups in total. The monoisotopic (exact) mass is 296 g/mol. The Kier molecular flexibility index (Phi) is 2.41. The SMILES string of the molecule is CC1c2c(c3ccccc3oc2=O)Oc2ncn(N)c(=N)c21. The summed E-state index contributed by atoms with van der Waals surface area (Å²) in [5.74, 6) is 6.00. The van der Waals surface area contributed by atoms with E-state index in [2.05, 4.69) is 4.98 Å². The van der Waals surface area contributed by atoms with Gasteiger partial charge >= 0.3 is 5.63 Å². The lowest BCUT2D eigenvalue weighted by molar-refractivity contribution is 0.413. The van der Waals surface area contributed by atoms with Gasteiger partial charge in [-0.05, 0) is 12.1 Å². The Bertz CT molecular complexity index is 1040. The molecule has 0 fully saturated rings. The van der Waals surface area contributed by atoms with Crippen molar-refractivity contribution in [2.24, 2.45) is 0 Å². The normalized spacial score (nSPS) is 16.0. The molecule has 1 aliphatic heterocycles. The predicted molar refractivity (Wildman–Crippen MR) is 78.3 cm³/mol. The molecule has 3 aromatic rings. The van der Waals surface area contributed by atoms with E-state index in [0.717, 1.165) is 4.68 Å². The summed E-state index contributed by atoms with van der Waals surface area (Å²) in [5, 5.41) is 8.77. The molecule has 1 unspecified atom stereocenters. The predicted octanol–water partition coefficient (Wildman–Crippen LogP) is 1.44. The topological polar surface area (TPSA) is 107 Å². The standard InChI is InChI=1S/C15H12N4O3/c1-7-10-12(8-4-2-3-5-9(8)21-15(10)20)22-14-11(7)13(16)19(17)6-18-14/h2-7,16H,17H2,1H3. The van der Waals surface area contributed by atoms with E-state index >= 15 is 0 Å². The molecule has 1 aromatic carbocycles. The van der Waals surface area contributed by atoms with Crippen LogP contribution in [0.4, 0.5) is 0 Å². The number of hydrogen-bond acceptors (Lipinski definition) is 6. The molecule has 2 aromatic heterocycles. The van der Waals surface area contributed by atoms with Crippen molar-refractivity contribution in [3.63, 3.8) is 0 Å². The molecule has 3 heterocycles. The third-order valence-electron chi connectivity index (χ3n) is 3.91. The summed E-state index contributed by atoms with van der Waals surface area (Å²) in [6.45, 7) is 1.81. The van der Waals surface area contributed by atoms with E-state index in [1.165, 1.54) is 6.33 Å². The summed E-state index contributed by atoms with van der Waals surface area (Å²) in [6, 6.07) is 7.16. The average molecular weight is 296 g/mol. The van der Waals surface area contributed by atoms with E-state index in [4.69, 9.17) is 20.4 Å². The summed E-state index contributed by atoms with van der Waals surface area (Å²) in [4.78, 5) is 16.5. The van der Waals surface area contributed by atoms with Crippen LogP contribution in [0.15, 0.2) is 39.8 Å². The first-order chi connectivity index (χ1) is 10.6. The van der Waals surface area contributed by atoms with Gasteiger partial charge in [0, 0.05) is 5.92 Å². The summed E-state index contributed by atoms with van der Waals surface area (Å²) >= 11 is 0. The maximum absolute atomic E-state index is 12.3. The van der Waals surface area contributed by atoms with Crippen molar-refractivity contribution in [2.75, 3.05) is 5.84 Å². The Morgan fingerprint density at radius 2 is 2.09 bits per heavy atom. The minimum Gasteiger partial charge on any atom is -0.437 e. The van der Waals surface area contributed by atoms with Crippen molar-refractivity contribution in [1.82, 2.24) is 9.66 Å². The lowest BCUT2D eigenvalue weighted by Gasteiger charge is -2.24. The van der Waals surface area contributed by atoms with Gasteiger partial charge in [0.25, 0.3) is 0 Å². The van der Waals surface area contributed by atoms with Crippen LogP contribution < -0.4 is 21.7 Å². The number of nitrogens with one attached hydrogen (secondary N) is 1. The van der Waals surface area contributed by atoms with Crippen LogP contribution in [-0.2, 0) is 0 Å². The van der Waals surface area contributed by atoms with Crippen molar-refractivity contribution in [3.05, 3.63) is 57.6 Å². The molecule has 0 aliphatic carbocycles. The van der Waals surface area contributed by atoms with Gasteiger partial charge < -0.3 is 15.0 Å². The van der Waals surface area contributed by atoms with Crippen LogP contribution in [0.2, 0.25) is 0 Å². The Balaban J connectivity index is 2.11. The highest BCUT2D eigenvalue weighted by atomic mass is 16.5. The number of fused-ring (bicyclic) bond motifs is 4. The van der Waals surface area contributed by atoms with Gasteiger partial charge in [0.2, 0.25) is 5.88 Å². The van der Waals surface area contributed by atoms with Gasteiger partial charge in [-0.1, -0.05) is 19.1 Å². The van der Waals surface area contributed by atoms with Gasteiger partial charge in [-0.3, -0.25) is 5.41 Å². The van der Waals surface area contributed by atoms with Crippen LogP contribution in [0.25, 0.3) is 11.0 Å². The number of rotatable bonds is 0. The third-order valence-corrected chi connectivity index (χ3v) is 3.91. The largest absolute Gasteiger partial charge is 0.437 e. The van der Waals surface area contributed by atoms with Gasteiger partial charge in [0.15, 0.2) is 11.2 Å². The average Bonchev–Trinajstić information content (AvgIpc) is 2.50. The lowest BCUT2D eigenvalue weighted by Crippen LogP contribution is -2.34. The molecule has 0 bridgehead atoms. The van der Waals surface area contributed by atoms with E-state index in [-0.39, 0.29) is 5.49 Å². The van der Waals surface area contributed by atoms with Crippen LogP contribution in [0.1, 0.15) is 24.0 Å². The van der Waals surface area contributed by atoms with Crippen molar-refractivity contribution in [1.29, 1.82) is 5.41 Å². The highest BCUT2D eigenvalue weighted by molar-refractivity contribution is 5.85. The van der Waals surface area contributed by atoms with Gasteiger partial charge in [-0.2, -0.15) is 0 Å². The zero-order valence-corrected chi connectivity index (χ0v) is 11.7. The Morgan fingerprint density at radius 1 is 1.32 bits per heavy atom. The number of nitrogens with two attached hydrogens (primary N) is 1. The number of aromatic nitrogens is 2. The van der Waals surface area contributed by atoms with Crippen LogP contribution in [0, 0.1) is 5.41 Å². The van der Waals surface area contributed by atoms with Crippen molar-refractivity contribution in [2.45, 2.75) is 12.8 Å². The molecular weight excluding hydrogens is 284 g/mol. The highest BCUT2D eigenvalue weighted by Gasteiger charge is 2.32. The fraction of sp³-hybridized carbons (Fsp3) is 0.133.